The van der Waals surface area contributed by atoms with E-state index < -0.39 is 101 Å². The first-order valence-electron chi connectivity index (χ1n) is 25.9. The molecule has 19 N–H and O–H groups in total. The molecule has 0 bridgehead atoms. The van der Waals surface area contributed by atoms with E-state index in [0.717, 1.165) is 10.9 Å². The van der Waals surface area contributed by atoms with Crippen molar-refractivity contribution >= 4 is 75.7 Å². The van der Waals surface area contributed by atoms with Crippen LogP contribution in [0.1, 0.15) is 88.7 Å². The summed E-state index contributed by atoms with van der Waals surface area (Å²) in [6, 6.07) is 5.63. The molecule has 3 aromatic rings. The number of para-hydroxylation sites is 1. The van der Waals surface area contributed by atoms with Crippen molar-refractivity contribution in [2.24, 2.45) is 56.2 Å². The second-order valence-electron chi connectivity index (χ2n) is 19.1. The summed E-state index contributed by atoms with van der Waals surface area (Å²) in [4.78, 5) is 136. The van der Waals surface area contributed by atoms with Gasteiger partial charge in [-0.15, -0.1) is 0 Å². The van der Waals surface area contributed by atoms with Crippen LogP contribution < -0.4 is 75.8 Å². The third-order valence-corrected chi connectivity index (χ3v) is 13.1. The SMILES string of the molecule is COc1ccc(C[C@H]2NC(=O)[C@H](CCN)NC(=O)[C@@H](NC(=O)[C@H](CCCN=C(N)N)NC(C)=O)CCC(=O)NCCC[C@@H](C(N)=O)NC(=O)[C@H](Cc3c[nH]c4ccccc34)CC(=O)[C@H](CCCN=C(N)N)CC2=O)cc1OC. The highest BCUT2D eigenvalue weighted by molar-refractivity contribution is 5.98. The molecule has 7 atom stereocenters. The van der Waals surface area contributed by atoms with Crippen molar-refractivity contribution in [3.63, 3.8) is 0 Å². The average Bonchev–Trinajstić information content (AvgIpc) is 3.80. The van der Waals surface area contributed by atoms with Crippen LogP contribution in [0.5, 0.6) is 11.5 Å². The van der Waals surface area contributed by atoms with Gasteiger partial charge in [0.25, 0.3) is 0 Å². The summed E-state index contributed by atoms with van der Waals surface area (Å²) in [5.41, 5.74) is 35.9. The first-order chi connectivity index (χ1) is 37.2. The first-order valence-corrected chi connectivity index (χ1v) is 25.9. The number of primary amides is 1. The lowest BCUT2D eigenvalue weighted by Gasteiger charge is -2.27. The average molecular weight is 1090 g/mol. The summed E-state index contributed by atoms with van der Waals surface area (Å²) in [5.74, 6) is -8.05. The number of carbonyl (C=O) groups excluding carboxylic acids is 9. The topological polar surface area (TPSA) is 441 Å². The molecule has 0 radical (unpaired) electrons. The first kappa shape index (κ1) is 62.3. The van der Waals surface area contributed by atoms with Gasteiger partial charge in [0.05, 0.1) is 20.3 Å². The van der Waals surface area contributed by atoms with Crippen LogP contribution in [0.25, 0.3) is 10.9 Å². The van der Waals surface area contributed by atoms with E-state index in [2.05, 4.69) is 46.9 Å². The number of rotatable bonds is 20. The van der Waals surface area contributed by atoms with Gasteiger partial charge in [-0.3, -0.25) is 53.1 Å². The Labute approximate surface area is 452 Å². The molecule has 1 aliphatic rings. The zero-order valence-electron chi connectivity index (χ0n) is 44.5. The quantitative estimate of drug-likeness (QED) is 0.0337. The maximum Gasteiger partial charge on any atom is 0.243 e. The lowest BCUT2D eigenvalue weighted by atomic mass is 9.83. The Hall–Kier alpha value is -8.29. The van der Waals surface area contributed by atoms with Crippen molar-refractivity contribution in [3.05, 3.63) is 59.8 Å². The van der Waals surface area contributed by atoms with Crippen LogP contribution >= 0.6 is 0 Å². The van der Waals surface area contributed by atoms with Crippen molar-refractivity contribution in [3.8, 4) is 11.5 Å². The van der Waals surface area contributed by atoms with E-state index in [1.807, 2.05) is 24.3 Å². The van der Waals surface area contributed by atoms with Crippen LogP contribution in [-0.4, -0.2) is 140 Å². The molecular weight excluding hydrogens is 1010 g/mol. The molecule has 2 heterocycles. The molecule has 0 spiro atoms. The summed E-state index contributed by atoms with van der Waals surface area (Å²) in [5, 5.41) is 16.8. The molecule has 7 amide bonds. The number of fused-ring (bicyclic) bond motifs is 1. The van der Waals surface area contributed by atoms with Crippen LogP contribution in [0.3, 0.4) is 0 Å². The highest BCUT2D eigenvalue weighted by Crippen LogP contribution is 2.29. The van der Waals surface area contributed by atoms with E-state index in [4.69, 9.17) is 43.9 Å². The van der Waals surface area contributed by atoms with E-state index in [9.17, 15) is 43.2 Å². The molecule has 78 heavy (non-hydrogen) atoms. The van der Waals surface area contributed by atoms with Gasteiger partial charge >= 0.3 is 0 Å². The molecule has 2 aromatic carbocycles. The predicted octanol–water partition coefficient (Wildman–Crippen LogP) is -1.80. The Morgan fingerprint density at radius 2 is 1.44 bits per heavy atom. The van der Waals surface area contributed by atoms with Crippen LogP contribution in [-0.2, 0) is 56.0 Å². The second kappa shape index (κ2) is 31.7. The highest BCUT2D eigenvalue weighted by Gasteiger charge is 2.35. The normalized spacial score (nSPS) is 20.9. The van der Waals surface area contributed by atoms with Crippen molar-refractivity contribution < 1.29 is 52.6 Å². The number of hydrogen-bond acceptors (Lipinski definition) is 14. The fourth-order valence-electron chi connectivity index (χ4n) is 9.04. The lowest BCUT2D eigenvalue weighted by molar-refractivity contribution is -0.135. The minimum Gasteiger partial charge on any atom is -0.493 e. The predicted molar refractivity (Wildman–Crippen MR) is 291 cm³/mol. The van der Waals surface area contributed by atoms with Gasteiger partial charge in [-0.25, -0.2) is 0 Å². The largest absolute Gasteiger partial charge is 0.493 e. The van der Waals surface area contributed by atoms with Crippen LogP contribution in [0.2, 0.25) is 0 Å². The zero-order valence-corrected chi connectivity index (χ0v) is 44.5. The molecule has 0 unspecified atom stereocenters. The van der Waals surface area contributed by atoms with E-state index >= 15 is 0 Å². The van der Waals surface area contributed by atoms with Gasteiger partial charge in [0.1, 0.15) is 30.0 Å². The number of carbonyl (C=O) groups is 9. The molecule has 26 heteroatoms. The molecule has 1 saturated heterocycles. The highest BCUT2D eigenvalue weighted by atomic mass is 16.5. The van der Waals surface area contributed by atoms with Gasteiger partial charge in [0, 0.05) is 74.8 Å². The molecule has 1 fully saturated rings. The maximum atomic E-state index is 14.9. The zero-order chi connectivity index (χ0) is 57.3. The Balaban J connectivity index is 1.81. The van der Waals surface area contributed by atoms with Gasteiger partial charge < -0.3 is 80.8 Å². The summed E-state index contributed by atoms with van der Waals surface area (Å²) in [6.07, 6.45) is 0.734. The standard InChI is InChI=1S/C52H77N15O11/c1-29(68)63-37(13-8-22-61-52(57)58)48(74)65-38-15-17-45(71)59-20-7-12-36(46(54)72)64-47(73)32(25-33-28-62-35-11-5-4-10-34(33)35)27-41(69)31(9-6-21-60-51(55)56)26-42(70)40(67-50(76)39(18-19-53)66-49(38)75)23-30-14-16-43(77-2)44(24-30)78-3/h4-5,10-11,14,16,24,28,31-32,36-40,62H,6-9,12-13,15,17-23,25-27,53H2,1-3H3,(H2,54,72)(H,59,71)(H,63,68)(H,64,73)(H,65,74)(H,66,75)(H,67,76)(H4,55,56,60)(H4,57,58,61)/t31-,32-,36+,37+,38+,39+,40-/m1/s1. The number of nitrogens with one attached hydrogen (secondary N) is 7. The molecule has 0 aliphatic carbocycles. The minimum absolute atomic E-state index is 0.00184. The number of hydrogen-bond donors (Lipinski definition) is 13. The second-order valence-corrected chi connectivity index (χ2v) is 19.1. The van der Waals surface area contributed by atoms with Crippen molar-refractivity contribution in [2.75, 3.05) is 40.4 Å². The number of nitrogens with zero attached hydrogens (tertiary/aromatic N) is 2. The fourth-order valence-corrected chi connectivity index (χ4v) is 9.04. The summed E-state index contributed by atoms with van der Waals surface area (Å²) >= 11 is 0. The monoisotopic (exact) mass is 1090 g/mol. The van der Waals surface area contributed by atoms with Crippen molar-refractivity contribution in [2.45, 2.75) is 121 Å². The van der Waals surface area contributed by atoms with Crippen molar-refractivity contribution in [1.82, 2.24) is 36.9 Å². The maximum absolute atomic E-state index is 14.9. The van der Waals surface area contributed by atoms with E-state index in [-0.39, 0.29) is 115 Å². The number of nitrogens with two attached hydrogens (primary N) is 6. The number of aromatic nitrogens is 1. The molecule has 26 nitrogen and oxygen atoms in total. The number of ketones is 2. The van der Waals surface area contributed by atoms with Crippen LogP contribution in [0.15, 0.2) is 58.6 Å². The van der Waals surface area contributed by atoms with E-state index in [0.29, 0.717) is 22.6 Å². The number of ether oxygens (including phenoxy) is 2. The Morgan fingerprint density at radius 1 is 0.756 bits per heavy atom. The van der Waals surface area contributed by atoms with Crippen LogP contribution in [0, 0.1) is 11.8 Å². The van der Waals surface area contributed by atoms with Crippen molar-refractivity contribution in [1.29, 1.82) is 0 Å². The van der Waals surface area contributed by atoms with E-state index in [1.165, 1.54) is 21.1 Å². The number of benzene rings is 2. The summed E-state index contributed by atoms with van der Waals surface area (Å²) in [6.45, 7) is 1.28. The minimum atomic E-state index is -1.48. The summed E-state index contributed by atoms with van der Waals surface area (Å²) in [7, 11) is 2.88. The fraction of sp³-hybridized carbons (Fsp3) is 0.519. The van der Waals surface area contributed by atoms with Gasteiger partial charge in [-0.2, -0.15) is 0 Å². The smallest absolute Gasteiger partial charge is 0.243 e. The Morgan fingerprint density at radius 3 is 2.10 bits per heavy atom. The number of H-pyrrole nitrogens is 1. The number of Topliss-reactive ketones (excluding diaryl/α,β-unsaturated/α-hetero) is 2. The lowest BCUT2D eigenvalue weighted by Crippen LogP contribution is -2.58. The van der Waals surface area contributed by atoms with Gasteiger partial charge in [-0.05, 0) is 100 Å². The molecule has 1 aromatic heterocycles. The number of aliphatic imine (C=N–C) groups is 2. The van der Waals surface area contributed by atoms with E-state index in [1.54, 1.807) is 24.4 Å². The number of guanidine groups is 2. The molecule has 426 valence electrons. The third kappa shape index (κ3) is 20.3. The molecule has 0 saturated carbocycles. The number of methoxy groups -OCH3 is 2. The third-order valence-electron chi connectivity index (χ3n) is 13.1. The van der Waals surface area contributed by atoms with Gasteiger partial charge in [-0.1, -0.05) is 24.3 Å². The number of aromatic amines is 1. The Kier molecular flexibility index (Phi) is 25.3. The molecular formula is C52H77N15O11. The van der Waals surface area contributed by atoms with Crippen LogP contribution in [0.4, 0.5) is 0 Å². The number of amides is 7. The molecule has 4 rings (SSSR count). The van der Waals surface area contributed by atoms with Gasteiger partial charge in [0.15, 0.2) is 29.2 Å². The summed E-state index contributed by atoms with van der Waals surface area (Å²) < 4.78 is 10.9. The molecule has 1 aliphatic heterocycles. The van der Waals surface area contributed by atoms with Gasteiger partial charge in [0.2, 0.25) is 41.4 Å². The Bertz CT molecular complexity index is 2630.